The number of oxazole rings is 1. The van der Waals surface area contributed by atoms with E-state index < -0.39 is 10.0 Å². The van der Waals surface area contributed by atoms with E-state index in [-0.39, 0.29) is 11.9 Å². The number of sulfonamides is 1. The Balaban J connectivity index is 1.57. The van der Waals surface area contributed by atoms with Gasteiger partial charge in [-0.1, -0.05) is 12.1 Å². The van der Waals surface area contributed by atoms with Crippen LogP contribution in [0.25, 0.3) is 17.2 Å². The summed E-state index contributed by atoms with van der Waals surface area (Å²) < 4.78 is 30.6. The number of likely N-dealkylation sites (tertiary alicyclic amines) is 1. The Morgan fingerprint density at radius 2 is 2.04 bits per heavy atom. The lowest BCUT2D eigenvalue weighted by Gasteiger charge is -2.31. The minimum absolute atomic E-state index is 0.106. The minimum Gasteiger partial charge on any atom is -0.437 e. The molecule has 0 saturated carbocycles. The second-order valence-electron chi connectivity index (χ2n) is 5.84. The van der Waals surface area contributed by atoms with Crippen molar-refractivity contribution in [3.63, 3.8) is 0 Å². The van der Waals surface area contributed by atoms with Gasteiger partial charge in [0.1, 0.15) is 5.52 Å². The van der Waals surface area contributed by atoms with Gasteiger partial charge in [-0.05, 0) is 25.0 Å². The third-order valence-electron chi connectivity index (χ3n) is 3.87. The molecule has 1 N–H and O–H groups in total. The molecule has 1 aromatic heterocycles. The quantitative estimate of drug-likeness (QED) is 0.842. The molecule has 0 atom stereocenters. The van der Waals surface area contributed by atoms with E-state index >= 15 is 0 Å². The summed E-state index contributed by atoms with van der Waals surface area (Å²) in [5, 5.41) is 0. The van der Waals surface area contributed by atoms with E-state index in [1.54, 1.807) is 11.0 Å². The topological polar surface area (TPSA) is 92.5 Å². The monoisotopic (exact) mass is 349 g/mol. The van der Waals surface area contributed by atoms with Gasteiger partial charge in [0.2, 0.25) is 21.8 Å². The standard InChI is InChI=1S/C16H19N3O4S/c1-24(21,22)18-12-8-10-19(11-9-12)16(20)7-6-15-17-13-4-2-3-5-14(13)23-15/h2-7,12,18H,8-11H2,1H3. The molecule has 1 aromatic carbocycles. The number of benzene rings is 1. The van der Waals surface area contributed by atoms with Gasteiger partial charge in [0, 0.05) is 31.3 Å². The molecular weight excluding hydrogens is 330 g/mol. The number of fused-ring (bicyclic) bond motifs is 1. The molecule has 7 nitrogen and oxygen atoms in total. The Kier molecular flexibility index (Phi) is 4.68. The lowest BCUT2D eigenvalue weighted by molar-refractivity contribution is -0.126. The first-order valence-electron chi connectivity index (χ1n) is 7.70. The zero-order valence-electron chi connectivity index (χ0n) is 13.3. The Bertz CT molecular complexity index is 831. The van der Waals surface area contributed by atoms with Gasteiger partial charge in [-0.15, -0.1) is 0 Å². The van der Waals surface area contributed by atoms with Crippen LogP contribution in [0.2, 0.25) is 0 Å². The molecule has 2 aromatic rings. The lowest BCUT2D eigenvalue weighted by Crippen LogP contribution is -2.45. The smallest absolute Gasteiger partial charge is 0.246 e. The maximum absolute atomic E-state index is 12.2. The molecule has 1 fully saturated rings. The molecule has 3 rings (SSSR count). The molecule has 24 heavy (non-hydrogen) atoms. The molecule has 0 aliphatic carbocycles. The number of piperidine rings is 1. The van der Waals surface area contributed by atoms with Gasteiger partial charge in [0.25, 0.3) is 0 Å². The number of aromatic nitrogens is 1. The molecule has 0 spiro atoms. The summed E-state index contributed by atoms with van der Waals surface area (Å²) in [5.41, 5.74) is 1.43. The number of rotatable bonds is 4. The van der Waals surface area contributed by atoms with Crippen molar-refractivity contribution in [2.45, 2.75) is 18.9 Å². The fourth-order valence-corrected chi connectivity index (χ4v) is 3.57. The molecule has 1 aliphatic heterocycles. The van der Waals surface area contributed by atoms with Crippen LogP contribution in [0.3, 0.4) is 0 Å². The van der Waals surface area contributed by atoms with Crippen LogP contribution in [0.1, 0.15) is 18.7 Å². The minimum atomic E-state index is -3.21. The molecule has 0 unspecified atom stereocenters. The Hall–Kier alpha value is -2.19. The molecule has 8 heteroatoms. The van der Waals surface area contributed by atoms with E-state index in [2.05, 4.69) is 9.71 Å². The van der Waals surface area contributed by atoms with E-state index in [0.717, 1.165) is 11.8 Å². The van der Waals surface area contributed by atoms with Crippen molar-refractivity contribution < 1.29 is 17.6 Å². The van der Waals surface area contributed by atoms with Crippen LogP contribution in [-0.2, 0) is 14.8 Å². The van der Waals surface area contributed by atoms with Gasteiger partial charge in [-0.2, -0.15) is 0 Å². The number of hydrogen-bond donors (Lipinski definition) is 1. The number of hydrogen-bond acceptors (Lipinski definition) is 5. The van der Waals surface area contributed by atoms with Gasteiger partial charge in [-0.25, -0.2) is 18.1 Å². The summed E-state index contributed by atoms with van der Waals surface area (Å²) in [6.07, 6.45) is 5.36. The maximum atomic E-state index is 12.2. The van der Waals surface area contributed by atoms with Crippen LogP contribution in [0.4, 0.5) is 0 Å². The third kappa shape index (κ3) is 4.21. The highest BCUT2D eigenvalue weighted by atomic mass is 32.2. The highest BCUT2D eigenvalue weighted by Gasteiger charge is 2.23. The van der Waals surface area contributed by atoms with Crippen LogP contribution < -0.4 is 4.72 Å². The summed E-state index contributed by atoms with van der Waals surface area (Å²) in [5.74, 6) is 0.258. The molecule has 2 heterocycles. The van der Waals surface area contributed by atoms with Crippen molar-refractivity contribution in [3.05, 3.63) is 36.2 Å². The van der Waals surface area contributed by atoms with Gasteiger partial charge in [0.05, 0.1) is 6.26 Å². The first kappa shape index (κ1) is 16.7. The molecular formula is C16H19N3O4S. The first-order valence-corrected chi connectivity index (χ1v) is 9.60. The number of para-hydroxylation sites is 2. The van der Waals surface area contributed by atoms with Crippen LogP contribution in [0, 0.1) is 0 Å². The molecule has 0 bridgehead atoms. The van der Waals surface area contributed by atoms with E-state index in [0.29, 0.717) is 37.4 Å². The van der Waals surface area contributed by atoms with Crippen molar-refractivity contribution in [2.75, 3.05) is 19.3 Å². The predicted molar refractivity (Wildman–Crippen MR) is 90.6 cm³/mol. The number of carbonyl (C=O) groups excluding carboxylic acids is 1. The number of nitrogens with one attached hydrogen (secondary N) is 1. The van der Waals surface area contributed by atoms with Crippen molar-refractivity contribution in [2.24, 2.45) is 0 Å². The average Bonchev–Trinajstić information content (AvgIpc) is 2.94. The largest absolute Gasteiger partial charge is 0.437 e. The summed E-state index contributed by atoms with van der Waals surface area (Å²) in [6.45, 7) is 1.04. The fraction of sp³-hybridized carbons (Fsp3) is 0.375. The lowest BCUT2D eigenvalue weighted by atomic mass is 10.1. The molecule has 1 saturated heterocycles. The molecule has 1 amide bonds. The SMILES string of the molecule is CS(=O)(=O)NC1CCN(C(=O)C=Cc2nc3ccccc3o2)CC1. The van der Waals surface area contributed by atoms with Gasteiger partial charge in [0.15, 0.2) is 5.58 Å². The normalized spacial score (nSPS) is 17.0. The zero-order valence-corrected chi connectivity index (χ0v) is 14.1. The Morgan fingerprint density at radius 3 is 2.71 bits per heavy atom. The summed E-state index contributed by atoms with van der Waals surface area (Å²) in [6, 6.07) is 7.29. The second kappa shape index (κ2) is 6.74. The number of nitrogens with zero attached hydrogens (tertiary/aromatic N) is 2. The van der Waals surface area contributed by atoms with E-state index in [4.69, 9.17) is 4.42 Å². The van der Waals surface area contributed by atoms with E-state index in [1.165, 1.54) is 6.08 Å². The number of carbonyl (C=O) groups is 1. The first-order chi connectivity index (χ1) is 11.4. The van der Waals surface area contributed by atoms with E-state index in [9.17, 15) is 13.2 Å². The van der Waals surface area contributed by atoms with Crippen molar-refractivity contribution >= 4 is 33.1 Å². The van der Waals surface area contributed by atoms with Gasteiger partial charge >= 0.3 is 0 Å². The van der Waals surface area contributed by atoms with Gasteiger partial charge in [-0.3, -0.25) is 4.79 Å². The van der Waals surface area contributed by atoms with Crippen LogP contribution in [-0.4, -0.2) is 49.6 Å². The zero-order chi connectivity index (χ0) is 17.2. The predicted octanol–water partition coefficient (Wildman–Crippen LogP) is 1.38. The fourth-order valence-electron chi connectivity index (χ4n) is 2.73. The number of amides is 1. The highest BCUT2D eigenvalue weighted by molar-refractivity contribution is 7.88. The van der Waals surface area contributed by atoms with Crippen LogP contribution >= 0.6 is 0 Å². The summed E-state index contributed by atoms with van der Waals surface area (Å²) in [4.78, 5) is 18.2. The summed E-state index contributed by atoms with van der Waals surface area (Å²) in [7, 11) is -3.21. The molecule has 128 valence electrons. The van der Waals surface area contributed by atoms with E-state index in [1.807, 2.05) is 24.3 Å². The van der Waals surface area contributed by atoms with Crippen molar-refractivity contribution in [3.8, 4) is 0 Å². The second-order valence-corrected chi connectivity index (χ2v) is 7.62. The van der Waals surface area contributed by atoms with Crippen LogP contribution in [0.15, 0.2) is 34.8 Å². The maximum Gasteiger partial charge on any atom is 0.246 e. The Morgan fingerprint density at radius 1 is 1.33 bits per heavy atom. The Labute approximate surface area is 140 Å². The summed E-state index contributed by atoms with van der Waals surface area (Å²) >= 11 is 0. The van der Waals surface area contributed by atoms with Crippen LogP contribution in [0.5, 0.6) is 0 Å². The molecule has 0 radical (unpaired) electrons. The highest BCUT2D eigenvalue weighted by Crippen LogP contribution is 2.16. The third-order valence-corrected chi connectivity index (χ3v) is 4.63. The van der Waals surface area contributed by atoms with Crippen molar-refractivity contribution in [1.29, 1.82) is 0 Å². The van der Waals surface area contributed by atoms with Crippen molar-refractivity contribution in [1.82, 2.24) is 14.6 Å². The average molecular weight is 349 g/mol. The molecule has 1 aliphatic rings. The van der Waals surface area contributed by atoms with Gasteiger partial charge < -0.3 is 9.32 Å².